The van der Waals surface area contributed by atoms with E-state index in [4.69, 9.17) is 17.3 Å². The molecule has 1 aromatic heterocycles. The maximum absolute atomic E-state index is 14.5. The Morgan fingerprint density at radius 3 is 2.31 bits per heavy atom. The van der Waals surface area contributed by atoms with Gasteiger partial charge in [0.2, 0.25) is 5.43 Å². The van der Waals surface area contributed by atoms with Gasteiger partial charge in [0.15, 0.2) is 0 Å². The van der Waals surface area contributed by atoms with Crippen LogP contribution < -0.4 is 16.1 Å². The van der Waals surface area contributed by atoms with Crippen LogP contribution in [0, 0.1) is 17.5 Å². The number of nitrogens with zero attached hydrogens (tertiary/aromatic N) is 2. The monoisotopic (exact) mass is 447 g/mol. The average Bonchev–Trinajstić information content (AvgIpc) is 2.58. The van der Waals surface area contributed by atoms with Crippen LogP contribution in [0.3, 0.4) is 0 Å². The molecule has 0 amide bonds. The molecule has 0 aliphatic rings. The molecule has 1 heterocycles. The van der Waals surface area contributed by atoms with E-state index in [2.05, 4.69) is 0 Å². The van der Waals surface area contributed by atoms with Crippen molar-refractivity contribution in [3.63, 3.8) is 0 Å². The maximum Gasteiger partial charge on any atom is 0.341 e. The molecule has 0 saturated carbocycles. The smallest absolute Gasteiger partial charge is 0.341 e. The zero-order valence-corrected chi connectivity index (χ0v) is 16.5. The molecule has 3 N–H and O–H groups in total. The minimum Gasteiger partial charge on any atom is -0.477 e. The molecule has 3 aromatic rings. The first kappa shape index (κ1) is 22.4. The minimum absolute atomic E-state index is 0. The van der Waals surface area contributed by atoms with Gasteiger partial charge in [0.05, 0.1) is 33.0 Å². The van der Waals surface area contributed by atoms with Crippen LogP contribution in [0.15, 0.2) is 29.2 Å². The second kappa shape index (κ2) is 7.84. The van der Waals surface area contributed by atoms with Crippen LogP contribution in [0.1, 0.15) is 10.4 Å². The van der Waals surface area contributed by atoms with Gasteiger partial charge in [-0.25, -0.2) is 18.0 Å². The SMILES string of the molecule is CN(C)c1c(F)cc2c(=O)c(C(=O)O)cn(-c3cc(N)c(F)cc3F)c2c1Cl.Cl. The topological polar surface area (TPSA) is 88.6 Å². The van der Waals surface area contributed by atoms with Crippen LogP contribution in [-0.2, 0) is 0 Å². The van der Waals surface area contributed by atoms with E-state index in [0.29, 0.717) is 6.07 Å². The molecule has 0 spiro atoms. The maximum atomic E-state index is 14.5. The Hall–Kier alpha value is -2.91. The van der Waals surface area contributed by atoms with E-state index in [-0.39, 0.29) is 39.7 Å². The molecule has 6 nitrogen and oxygen atoms in total. The van der Waals surface area contributed by atoms with E-state index < -0.39 is 40.1 Å². The van der Waals surface area contributed by atoms with Gasteiger partial charge in [0.25, 0.3) is 0 Å². The van der Waals surface area contributed by atoms with Crippen molar-refractivity contribution < 1.29 is 23.1 Å². The molecule has 0 bridgehead atoms. The van der Waals surface area contributed by atoms with E-state index in [0.717, 1.165) is 22.9 Å². The Labute approximate surface area is 173 Å². The van der Waals surface area contributed by atoms with Crippen LogP contribution in [0.2, 0.25) is 5.02 Å². The Morgan fingerprint density at radius 2 is 1.76 bits per heavy atom. The van der Waals surface area contributed by atoms with Gasteiger partial charge in [-0.3, -0.25) is 4.79 Å². The highest BCUT2D eigenvalue weighted by molar-refractivity contribution is 6.38. The lowest BCUT2D eigenvalue weighted by Gasteiger charge is -2.20. The lowest BCUT2D eigenvalue weighted by Crippen LogP contribution is -2.21. The number of nitrogens with two attached hydrogens (primary N) is 1. The Morgan fingerprint density at radius 1 is 1.14 bits per heavy atom. The van der Waals surface area contributed by atoms with Crippen molar-refractivity contribution in [2.45, 2.75) is 0 Å². The second-order valence-electron chi connectivity index (χ2n) is 6.18. The highest BCUT2D eigenvalue weighted by atomic mass is 35.5. The van der Waals surface area contributed by atoms with Gasteiger partial charge in [-0.2, -0.15) is 0 Å². The van der Waals surface area contributed by atoms with Crippen LogP contribution >= 0.6 is 24.0 Å². The summed E-state index contributed by atoms with van der Waals surface area (Å²) in [6, 6.07) is 2.27. The van der Waals surface area contributed by atoms with Gasteiger partial charge >= 0.3 is 5.97 Å². The summed E-state index contributed by atoms with van der Waals surface area (Å²) < 4.78 is 43.5. The average molecular weight is 448 g/mol. The first-order valence-electron chi connectivity index (χ1n) is 7.77. The van der Waals surface area contributed by atoms with Crippen molar-refractivity contribution in [2.24, 2.45) is 0 Å². The summed E-state index contributed by atoms with van der Waals surface area (Å²) in [6.07, 6.45) is 0.839. The molecule has 2 aromatic carbocycles. The van der Waals surface area contributed by atoms with E-state index in [9.17, 15) is 27.9 Å². The number of aromatic carboxylic acids is 1. The predicted octanol–water partition coefficient (Wildman–Crippen LogP) is 3.83. The van der Waals surface area contributed by atoms with Gasteiger partial charge < -0.3 is 20.3 Å². The summed E-state index contributed by atoms with van der Waals surface area (Å²) in [4.78, 5) is 25.3. The third kappa shape index (κ3) is 3.58. The van der Waals surface area contributed by atoms with Gasteiger partial charge in [0, 0.05) is 26.4 Å². The van der Waals surface area contributed by atoms with Crippen LogP contribution in [0.4, 0.5) is 24.5 Å². The number of halogens is 5. The van der Waals surface area contributed by atoms with E-state index in [1.807, 2.05) is 0 Å². The largest absolute Gasteiger partial charge is 0.477 e. The molecular formula is C18H14Cl2F3N3O3. The molecule has 0 fully saturated rings. The molecule has 0 saturated heterocycles. The number of benzene rings is 2. The highest BCUT2D eigenvalue weighted by Crippen LogP contribution is 2.36. The molecule has 0 aliphatic heterocycles. The number of anilines is 2. The fourth-order valence-electron chi connectivity index (χ4n) is 2.90. The number of carboxylic acids is 1. The molecule has 29 heavy (non-hydrogen) atoms. The number of aromatic nitrogens is 1. The Balaban J connectivity index is 0.00000300. The fourth-order valence-corrected chi connectivity index (χ4v) is 3.35. The van der Waals surface area contributed by atoms with Crippen molar-refractivity contribution in [2.75, 3.05) is 24.7 Å². The lowest BCUT2D eigenvalue weighted by atomic mass is 10.1. The summed E-state index contributed by atoms with van der Waals surface area (Å²) in [7, 11) is 3.00. The molecular weight excluding hydrogens is 434 g/mol. The van der Waals surface area contributed by atoms with Crippen molar-refractivity contribution >= 4 is 52.3 Å². The van der Waals surface area contributed by atoms with Crippen molar-refractivity contribution in [3.8, 4) is 5.69 Å². The number of hydrogen-bond donors (Lipinski definition) is 2. The zero-order chi connectivity index (χ0) is 20.9. The summed E-state index contributed by atoms with van der Waals surface area (Å²) in [6.45, 7) is 0. The summed E-state index contributed by atoms with van der Waals surface area (Å²) in [5.41, 5.74) is 2.75. The number of nitrogen functional groups attached to an aromatic ring is 1. The third-order valence-electron chi connectivity index (χ3n) is 4.16. The van der Waals surface area contributed by atoms with E-state index >= 15 is 0 Å². The quantitative estimate of drug-likeness (QED) is 0.595. The van der Waals surface area contributed by atoms with Crippen molar-refractivity contribution in [1.29, 1.82) is 0 Å². The number of carboxylic acid groups (broad SMARTS) is 1. The molecule has 154 valence electrons. The molecule has 0 unspecified atom stereocenters. The molecule has 0 atom stereocenters. The lowest BCUT2D eigenvalue weighted by molar-refractivity contribution is 0.0695. The minimum atomic E-state index is -1.61. The van der Waals surface area contributed by atoms with E-state index in [1.165, 1.54) is 19.0 Å². The summed E-state index contributed by atoms with van der Waals surface area (Å²) in [5, 5.41) is 8.69. The van der Waals surface area contributed by atoms with Gasteiger partial charge in [-0.1, -0.05) is 11.6 Å². The predicted molar refractivity (Wildman–Crippen MR) is 107 cm³/mol. The third-order valence-corrected chi connectivity index (χ3v) is 4.52. The Bertz CT molecular complexity index is 1210. The highest BCUT2D eigenvalue weighted by Gasteiger charge is 2.24. The van der Waals surface area contributed by atoms with Crippen molar-refractivity contribution in [3.05, 3.63) is 62.7 Å². The normalized spacial score (nSPS) is 10.7. The Kier molecular flexibility index (Phi) is 6.05. The van der Waals surface area contributed by atoms with Crippen LogP contribution in [0.25, 0.3) is 16.6 Å². The summed E-state index contributed by atoms with van der Waals surface area (Å²) in [5.74, 6) is -4.58. The summed E-state index contributed by atoms with van der Waals surface area (Å²) >= 11 is 6.31. The first-order valence-corrected chi connectivity index (χ1v) is 8.15. The fraction of sp³-hybridized carbons (Fsp3) is 0.111. The standard InChI is InChI=1S/C18H13ClF3N3O3.ClH/c1-24(2)16-11(22)3-7-15(14(16)19)25(6-8(17(7)26)18(27)28)13-5-12(23)9(20)4-10(13)21;/h3-6H,23H2,1-2H3,(H,27,28);1H. The molecule has 3 rings (SSSR count). The second-order valence-corrected chi connectivity index (χ2v) is 6.56. The van der Waals surface area contributed by atoms with E-state index in [1.54, 1.807) is 0 Å². The van der Waals surface area contributed by atoms with Crippen LogP contribution in [-0.4, -0.2) is 29.7 Å². The van der Waals surface area contributed by atoms with Gasteiger partial charge in [-0.15, -0.1) is 12.4 Å². The zero-order valence-electron chi connectivity index (χ0n) is 15.0. The number of carbonyl (C=O) groups is 1. The number of rotatable bonds is 3. The van der Waals surface area contributed by atoms with Crippen LogP contribution in [0.5, 0.6) is 0 Å². The number of fused-ring (bicyclic) bond motifs is 1. The molecule has 0 radical (unpaired) electrons. The number of hydrogen-bond acceptors (Lipinski definition) is 4. The van der Waals surface area contributed by atoms with Crippen molar-refractivity contribution in [1.82, 2.24) is 4.57 Å². The van der Waals surface area contributed by atoms with Gasteiger partial charge in [0.1, 0.15) is 23.0 Å². The first-order chi connectivity index (χ1) is 13.0. The molecule has 11 heteroatoms. The molecule has 0 aliphatic carbocycles. The number of pyridine rings is 1. The van der Waals surface area contributed by atoms with Gasteiger partial charge in [-0.05, 0) is 12.1 Å².